The number of ether oxygens (including phenoxy) is 3. The smallest absolute Gasteiger partial charge is 0.306 e. The van der Waals surface area contributed by atoms with Crippen molar-refractivity contribution in [3.63, 3.8) is 0 Å². The van der Waals surface area contributed by atoms with Gasteiger partial charge in [-0.25, -0.2) is 0 Å². The third-order valence-electron chi connectivity index (χ3n) is 14.8. The molecular weight excluding hydrogens is 997 g/mol. The first-order valence-corrected chi connectivity index (χ1v) is 34.4. The molecule has 0 heterocycles. The first-order chi connectivity index (χ1) is 40.0. The maximum absolute atomic E-state index is 12.9. The van der Waals surface area contributed by atoms with Gasteiger partial charge in [-0.3, -0.25) is 14.4 Å². The van der Waals surface area contributed by atoms with Gasteiger partial charge in [0.05, 0.1) is 0 Å². The molecule has 1 unspecified atom stereocenters. The highest BCUT2D eigenvalue weighted by Gasteiger charge is 2.19. The molecule has 6 nitrogen and oxygen atoms in total. The minimum atomic E-state index is -0.779. The number of unbranched alkanes of at least 4 members (excludes halogenated alkanes) is 33. The van der Waals surface area contributed by atoms with Crippen LogP contribution in [-0.4, -0.2) is 37.2 Å². The number of rotatable bonds is 62. The zero-order valence-corrected chi connectivity index (χ0v) is 53.3. The molecule has 1 atom stereocenters. The predicted molar refractivity (Wildman–Crippen MR) is 353 cm³/mol. The minimum absolute atomic E-state index is 0.0795. The molecule has 0 fully saturated rings. The van der Waals surface area contributed by atoms with Crippen molar-refractivity contribution in [1.29, 1.82) is 0 Å². The van der Waals surface area contributed by atoms with Gasteiger partial charge in [-0.05, 0) is 109 Å². The molecule has 464 valence electrons. The average Bonchev–Trinajstić information content (AvgIpc) is 3.47. The van der Waals surface area contributed by atoms with E-state index in [-0.39, 0.29) is 31.1 Å². The molecule has 0 saturated heterocycles. The van der Waals surface area contributed by atoms with Crippen molar-refractivity contribution in [3.05, 3.63) is 109 Å². The molecule has 0 rings (SSSR count). The zero-order valence-electron chi connectivity index (χ0n) is 53.3. The molecule has 0 saturated carbocycles. The molecule has 0 radical (unpaired) electrons. The van der Waals surface area contributed by atoms with Crippen LogP contribution in [0.1, 0.15) is 329 Å². The molecule has 0 amide bonds. The second-order valence-electron chi connectivity index (χ2n) is 22.7. The Kier molecular flexibility index (Phi) is 65.2. The van der Waals surface area contributed by atoms with Crippen LogP contribution in [0.25, 0.3) is 0 Å². The number of allylic oxidation sites excluding steroid dienone is 18. The lowest BCUT2D eigenvalue weighted by molar-refractivity contribution is -0.167. The third-order valence-corrected chi connectivity index (χ3v) is 14.8. The number of hydrogen-bond acceptors (Lipinski definition) is 6. The van der Waals surface area contributed by atoms with Crippen molar-refractivity contribution in [2.24, 2.45) is 0 Å². The van der Waals surface area contributed by atoms with Crippen molar-refractivity contribution in [2.75, 3.05) is 13.2 Å². The number of carbonyl (C=O) groups is 3. The highest BCUT2D eigenvalue weighted by Crippen LogP contribution is 2.17. The van der Waals surface area contributed by atoms with E-state index in [9.17, 15) is 14.4 Å². The SMILES string of the molecule is CC/C=C\C/C=C\C/C=C\C/C=C\C/C=C\C/C=C\C/C=C\C/C=C\CCCCCCCCCCC(=O)OCC(COC(=O)CCCCCCC)OC(=O)CCCCCCCCCCCCCCC/C=C\CCCCCCCCCC. The van der Waals surface area contributed by atoms with Gasteiger partial charge in [-0.1, -0.05) is 310 Å². The van der Waals surface area contributed by atoms with E-state index in [1.54, 1.807) is 0 Å². The highest BCUT2D eigenvalue weighted by molar-refractivity contribution is 5.71. The summed E-state index contributed by atoms with van der Waals surface area (Å²) in [6.07, 6.45) is 94.5. The summed E-state index contributed by atoms with van der Waals surface area (Å²) in [6, 6.07) is 0. The molecule has 0 aromatic rings. The van der Waals surface area contributed by atoms with E-state index in [1.165, 1.54) is 167 Å². The normalized spacial score (nSPS) is 12.8. The Balaban J connectivity index is 4.04. The van der Waals surface area contributed by atoms with E-state index in [1.807, 2.05) is 0 Å². The van der Waals surface area contributed by atoms with E-state index in [2.05, 4.69) is 130 Å². The molecule has 81 heavy (non-hydrogen) atoms. The Morgan fingerprint density at radius 2 is 0.481 bits per heavy atom. The summed E-state index contributed by atoms with van der Waals surface area (Å²) in [7, 11) is 0. The molecule has 0 bridgehead atoms. The van der Waals surface area contributed by atoms with Gasteiger partial charge in [0.15, 0.2) is 6.10 Å². The number of carbonyl (C=O) groups excluding carboxylic acids is 3. The Hall–Kier alpha value is -3.93. The molecule has 0 N–H and O–H groups in total. The van der Waals surface area contributed by atoms with Gasteiger partial charge < -0.3 is 14.2 Å². The van der Waals surface area contributed by atoms with E-state index in [0.717, 1.165) is 122 Å². The molecule has 0 spiro atoms. The maximum atomic E-state index is 12.9. The van der Waals surface area contributed by atoms with E-state index < -0.39 is 6.10 Å². The van der Waals surface area contributed by atoms with E-state index in [4.69, 9.17) is 14.2 Å². The van der Waals surface area contributed by atoms with Crippen LogP contribution >= 0.6 is 0 Å². The van der Waals surface area contributed by atoms with Crippen LogP contribution in [0.3, 0.4) is 0 Å². The van der Waals surface area contributed by atoms with Gasteiger partial charge in [0.1, 0.15) is 13.2 Å². The lowest BCUT2D eigenvalue weighted by atomic mass is 10.0. The summed E-state index contributed by atoms with van der Waals surface area (Å²) in [5, 5.41) is 0. The van der Waals surface area contributed by atoms with Gasteiger partial charge in [-0.2, -0.15) is 0 Å². The van der Waals surface area contributed by atoms with Crippen LogP contribution < -0.4 is 0 Å². The Morgan fingerprint density at radius 3 is 0.765 bits per heavy atom. The summed E-state index contributed by atoms with van der Waals surface area (Å²) in [5.74, 6) is -0.892. The fourth-order valence-electron chi connectivity index (χ4n) is 9.63. The standard InChI is InChI=1S/C75H128O6/c1-4-7-10-13-15-17-19-21-23-25-27-29-31-33-34-35-36-37-38-39-40-42-43-45-47-49-51-53-55-57-59-62-65-68-74(77)80-71-72(70-79-73(76)67-64-61-12-9-6-3)81-75(78)69-66-63-60-58-56-54-52-50-48-46-44-41-32-30-28-26-24-22-20-18-16-14-11-8-5-2/h7,10,15,17,21,23,26-29,33-34,36-37,39-40,43,45,72H,4-6,8-9,11-14,16,18-20,22,24-25,30-32,35,38,41-42,44,46-71H2,1-3H3/b10-7-,17-15-,23-21-,28-26-,29-27-,34-33-,37-36-,40-39-,45-43-. The van der Waals surface area contributed by atoms with Crippen LogP contribution in [0.15, 0.2) is 109 Å². The summed E-state index contributed by atoms with van der Waals surface area (Å²) < 4.78 is 16.8. The van der Waals surface area contributed by atoms with Crippen LogP contribution in [0.2, 0.25) is 0 Å². The third kappa shape index (κ3) is 66.8. The van der Waals surface area contributed by atoms with Gasteiger partial charge in [0, 0.05) is 19.3 Å². The van der Waals surface area contributed by atoms with Crippen molar-refractivity contribution in [3.8, 4) is 0 Å². The molecular formula is C75H128O6. The predicted octanol–water partition coefficient (Wildman–Crippen LogP) is 23.8. The topological polar surface area (TPSA) is 78.9 Å². The van der Waals surface area contributed by atoms with Crippen molar-refractivity contribution >= 4 is 17.9 Å². The fraction of sp³-hybridized carbons (Fsp3) is 0.720. The van der Waals surface area contributed by atoms with E-state index >= 15 is 0 Å². The van der Waals surface area contributed by atoms with Crippen LogP contribution in [0.4, 0.5) is 0 Å². The molecule has 0 aliphatic heterocycles. The fourth-order valence-corrected chi connectivity index (χ4v) is 9.63. The lowest BCUT2D eigenvalue weighted by Gasteiger charge is -2.18. The average molecular weight is 1130 g/mol. The quantitative estimate of drug-likeness (QED) is 0.0261. The molecule has 0 aliphatic carbocycles. The van der Waals surface area contributed by atoms with Crippen molar-refractivity contribution in [1.82, 2.24) is 0 Å². The maximum Gasteiger partial charge on any atom is 0.306 e. The Bertz CT molecular complexity index is 1620. The zero-order chi connectivity index (χ0) is 58.5. The van der Waals surface area contributed by atoms with Crippen molar-refractivity contribution < 1.29 is 28.6 Å². The molecule has 0 aliphatic rings. The first-order valence-electron chi connectivity index (χ1n) is 34.4. The van der Waals surface area contributed by atoms with Gasteiger partial charge in [-0.15, -0.1) is 0 Å². The number of esters is 3. The summed E-state index contributed by atoms with van der Waals surface area (Å²) >= 11 is 0. The summed E-state index contributed by atoms with van der Waals surface area (Å²) in [5.41, 5.74) is 0. The Morgan fingerprint density at radius 1 is 0.259 bits per heavy atom. The molecule has 0 aromatic heterocycles. The minimum Gasteiger partial charge on any atom is -0.462 e. The van der Waals surface area contributed by atoms with Gasteiger partial charge in [0.2, 0.25) is 0 Å². The first kappa shape index (κ1) is 77.1. The molecule has 6 heteroatoms. The lowest BCUT2D eigenvalue weighted by Crippen LogP contribution is -2.30. The van der Waals surface area contributed by atoms with Crippen molar-refractivity contribution in [2.45, 2.75) is 335 Å². The van der Waals surface area contributed by atoms with Crippen LogP contribution in [-0.2, 0) is 28.6 Å². The summed E-state index contributed by atoms with van der Waals surface area (Å²) in [6.45, 7) is 6.46. The number of hydrogen-bond donors (Lipinski definition) is 0. The largest absolute Gasteiger partial charge is 0.462 e. The van der Waals surface area contributed by atoms with Gasteiger partial charge in [0.25, 0.3) is 0 Å². The molecule has 0 aromatic carbocycles. The second-order valence-corrected chi connectivity index (χ2v) is 22.7. The Labute approximate surface area is 501 Å². The second kappa shape index (κ2) is 68.6. The van der Waals surface area contributed by atoms with Crippen LogP contribution in [0.5, 0.6) is 0 Å². The van der Waals surface area contributed by atoms with Crippen LogP contribution in [0, 0.1) is 0 Å². The van der Waals surface area contributed by atoms with Gasteiger partial charge >= 0.3 is 17.9 Å². The van der Waals surface area contributed by atoms with E-state index in [0.29, 0.717) is 19.3 Å². The summed E-state index contributed by atoms with van der Waals surface area (Å²) in [4.78, 5) is 38.0. The highest BCUT2D eigenvalue weighted by atomic mass is 16.6. The monoisotopic (exact) mass is 1120 g/mol.